The van der Waals surface area contributed by atoms with Gasteiger partial charge in [-0.15, -0.1) is 6.58 Å². The summed E-state index contributed by atoms with van der Waals surface area (Å²) in [5.41, 5.74) is 0. The molecule has 2 nitrogen and oxygen atoms in total. The minimum Gasteiger partial charge on any atom is -0.315 e. The largest absolute Gasteiger partial charge is 0.315 e. The Balaban J connectivity index is 2.35. The van der Waals surface area contributed by atoms with E-state index in [1.54, 1.807) is 0 Å². The fourth-order valence-electron chi connectivity index (χ4n) is 1.95. The second-order valence-corrected chi connectivity index (χ2v) is 4.04. The molecule has 76 valence electrons. The van der Waals surface area contributed by atoms with Crippen LogP contribution < -0.4 is 5.32 Å². The Kier molecular flexibility index (Phi) is 4.46. The zero-order valence-electron chi connectivity index (χ0n) is 8.92. The van der Waals surface area contributed by atoms with Crippen LogP contribution >= 0.6 is 0 Å². The van der Waals surface area contributed by atoms with Gasteiger partial charge in [0.05, 0.1) is 0 Å². The third-order valence-electron chi connectivity index (χ3n) is 3.05. The van der Waals surface area contributed by atoms with Gasteiger partial charge in [-0.3, -0.25) is 4.90 Å². The summed E-state index contributed by atoms with van der Waals surface area (Å²) in [6.45, 7) is 8.41. The van der Waals surface area contributed by atoms with E-state index in [1.165, 1.54) is 19.4 Å². The first-order valence-corrected chi connectivity index (χ1v) is 5.29. The first-order chi connectivity index (χ1) is 6.25. The van der Waals surface area contributed by atoms with Gasteiger partial charge < -0.3 is 5.32 Å². The maximum atomic E-state index is 3.79. The molecule has 0 aliphatic carbocycles. The normalized spacial score (nSPS) is 25.9. The summed E-state index contributed by atoms with van der Waals surface area (Å²) in [6, 6.07) is 1.35. The van der Waals surface area contributed by atoms with Crippen molar-refractivity contribution in [2.24, 2.45) is 0 Å². The number of nitrogens with one attached hydrogen (secondary N) is 1. The summed E-state index contributed by atoms with van der Waals surface area (Å²) in [4.78, 5) is 2.48. The van der Waals surface area contributed by atoms with E-state index in [-0.39, 0.29) is 0 Å². The summed E-state index contributed by atoms with van der Waals surface area (Å²) < 4.78 is 0. The number of hydrogen-bond acceptors (Lipinski definition) is 2. The van der Waals surface area contributed by atoms with E-state index in [2.05, 4.69) is 30.8 Å². The Hall–Kier alpha value is -0.340. The fraction of sp³-hybridized carbons (Fsp3) is 0.818. The first-order valence-electron chi connectivity index (χ1n) is 5.29. The van der Waals surface area contributed by atoms with E-state index >= 15 is 0 Å². The van der Waals surface area contributed by atoms with Crippen LogP contribution in [0.5, 0.6) is 0 Å². The molecule has 0 aromatic rings. The van der Waals surface area contributed by atoms with Crippen LogP contribution in [-0.4, -0.2) is 37.1 Å². The highest BCUT2D eigenvalue weighted by Gasteiger charge is 2.20. The van der Waals surface area contributed by atoms with E-state index in [1.807, 2.05) is 6.08 Å². The van der Waals surface area contributed by atoms with Crippen LogP contribution in [0.4, 0.5) is 0 Å². The predicted molar refractivity (Wildman–Crippen MR) is 57.9 cm³/mol. The van der Waals surface area contributed by atoms with Gasteiger partial charge in [0, 0.05) is 18.6 Å². The van der Waals surface area contributed by atoms with Crippen LogP contribution in [-0.2, 0) is 0 Å². The summed E-state index contributed by atoms with van der Waals surface area (Å²) in [5, 5.41) is 3.45. The molecule has 1 heterocycles. The summed E-state index contributed by atoms with van der Waals surface area (Å²) in [6.07, 6.45) is 5.76. The number of nitrogens with zero attached hydrogens (tertiary/aromatic N) is 1. The molecule has 0 aromatic heterocycles. The van der Waals surface area contributed by atoms with Crippen molar-refractivity contribution in [1.82, 2.24) is 10.2 Å². The van der Waals surface area contributed by atoms with Crippen molar-refractivity contribution in [3.8, 4) is 0 Å². The average molecular weight is 182 g/mol. The van der Waals surface area contributed by atoms with Crippen molar-refractivity contribution in [1.29, 1.82) is 0 Å². The van der Waals surface area contributed by atoms with Gasteiger partial charge in [-0.05, 0) is 39.8 Å². The molecule has 0 amide bonds. The molecule has 1 saturated heterocycles. The Bertz CT molecular complexity index is 150. The lowest BCUT2D eigenvalue weighted by Gasteiger charge is -2.35. The number of hydrogen-bond donors (Lipinski definition) is 1. The van der Waals surface area contributed by atoms with E-state index in [4.69, 9.17) is 0 Å². The summed E-state index contributed by atoms with van der Waals surface area (Å²) in [5.74, 6) is 0. The Morgan fingerprint density at radius 2 is 2.46 bits per heavy atom. The molecule has 1 rings (SSSR count). The molecule has 1 aliphatic heterocycles. The lowest BCUT2D eigenvalue weighted by atomic mass is 10.0. The van der Waals surface area contributed by atoms with Crippen LogP contribution in [0.25, 0.3) is 0 Å². The Morgan fingerprint density at radius 1 is 1.69 bits per heavy atom. The Labute approximate surface area is 82.0 Å². The number of piperidine rings is 1. The van der Waals surface area contributed by atoms with Gasteiger partial charge in [0.25, 0.3) is 0 Å². The Morgan fingerprint density at radius 3 is 3.00 bits per heavy atom. The molecule has 1 fully saturated rings. The second kappa shape index (κ2) is 5.40. The molecule has 2 atom stereocenters. The van der Waals surface area contributed by atoms with Gasteiger partial charge in [0.15, 0.2) is 0 Å². The van der Waals surface area contributed by atoms with Crippen molar-refractivity contribution >= 4 is 0 Å². The predicted octanol–water partition coefficient (Wildman–Crippen LogP) is 1.63. The average Bonchev–Trinajstić information content (AvgIpc) is 2.18. The van der Waals surface area contributed by atoms with Gasteiger partial charge in [-0.25, -0.2) is 0 Å². The van der Waals surface area contributed by atoms with Crippen LogP contribution in [0.1, 0.15) is 26.2 Å². The molecule has 1 aliphatic rings. The maximum absolute atomic E-state index is 3.79. The van der Waals surface area contributed by atoms with Crippen molar-refractivity contribution in [3.63, 3.8) is 0 Å². The van der Waals surface area contributed by atoms with Crippen LogP contribution in [0.3, 0.4) is 0 Å². The SMILES string of the molecule is C=CCC(C)N(C)C1CCCNC1. The molecule has 2 heteroatoms. The van der Waals surface area contributed by atoms with Crippen LogP contribution in [0.2, 0.25) is 0 Å². The quantitative estimate of drug-likeness (QED) is 0.665. The molecular formula is C11H22N2. The molecular weight excluding hydrogens is 160 g/mol. The van der Waals surface area contributed by atoms with Gasteiger partial charge in [-0.2, -0.15) is 0 Å². The smallest absolute Gasteiger partial charge is 0.0221 e. The van der Waals surface area contributed by atoms with E-state index in [0.717, 1.165) is 19.0 Å². The highest BCUT2D eigenvalue weighted by Crippen LogP contribution is 2.13. The molecule has 0 saturated carbocycles. The fourth-order valence-corrected chi connectivity index (χ4v) is 1.95. The van der Waals surface area contributed by atoms with Crippen LogP contribution in [0.15, 0.2) is 12.7 Å². The zero-order valence-corrected chi connectivity index (χ0v) is 8.92. The third-order valence-corrected chi connectivity index (χ3v) is 3.05. The first kappa shape index (κ1) is 10.7. The van der Waals surface area contributed by atoms with Crippen molar-refractivity contribution in [3.05, 3.63) is 12.7 Å². The standard InChI is InChI=1S/C11H22N2/c1-4-6-10(2)13(3)11-7-5-8-12-9-11/h4,10-12H,1,5-9H2,2-3H3. The number of rotatable bonds is 4. The molecule has 0 spiro atoms. The van der Waals surface area contributed by atoms with Gasteiger partial charge in [0.2, 0.25) is 0 Å². The second-order valence-electron chi connectivity index (χ2n) is 4.04. The zero-order chi connectivity index (χ0) is 9.68. The third kappa shape index (κ3) is 3.12. The highest BCUT2D eigenvalue weighted by atomic mass is 15.2. The van der Waals surface area contributed by atoms with Gasteiger partial charge in [0.1, 0.15) is 0 Å². The van der Waals surface area contributed by atoms with E-state index < -0.39 is 0 Å². The lowest BCUT2D eigenvalue weighted by Crippen LogP contribution is -2.47. The minimum absolute atomic E-state index is 0.627. The maximum Gasteiger partial charge on any atom is 0.0221 e. The topological polar surface area (TPSA) is 15.3 Å². The van der Waals surface area contributed by atoms with Crippen molar-refractivity contribution < 1.29 is 0 Å². The monoisotopic (exact) mass is 182 g/mol. The molecule has 0 bridgehead atoms. The van der Waals surface area contributed by atoms with Gasteiger partial charge in [-0.1, -0.05) is 6.08 Å². The van der Waals surface area contributed by atoms with E-state index in [0.29, 0.717) is 6.04 Å². The molecule has 1 N–H and O–H groups in total. The summed E-state index contributed by atoms with van der Waals surface area (Å²) >= 11 is 0. The minimum atomic E-state index is 0.627. The van der Waals surface area contributed by atoms with E-state index in [9.17, 15) is 0 Å². The lowest BCUT2D eigenvalue weighted by molar-refractivity contribution is 0.156. The number of likely N-dealkylation sites (N-methyl/N-ethyl adjacent to an activating group) is 1. The molecule has 0 radical (unpaired) electrons. The van der Waals surface area contributed by atoms with Gasteiger partial charge >= 0.3 is 0 Å². The highest BCUT2D eigenvalue weighted by molar-refractivity contribution is 4.83. The molecule has 0 aromatic carbocycles. The summed E-state index contributed by atoms with van der Waals surface area (Å²) in [7, 11) is 2.23. The molecule has 2 unspecified atom stereocenters. The van der Waals surface area contributed by atoms with Crippen LogP contribution in [0, 0.1) is 0 Å². The molecule has 13 heavy (non-hydrogen) atoms. The van der Waals surface area contributed by atoms with Crippen molar-refractivity contribution in [2.45, 2.75) is 38.3 Å². The van der Waals surface area contributed by atoms with Crippen molar-refractivity contribution in [2.75, 3.05) is 20.1 Å².